The van der Waals surface area contributed by atoms with Crippen molar-refractivity contribution in [3.63, 3.8) is 0 Å². The molecule has 0 amide bonds. The predicted octanol–water partition coefficient (Wildman–Crippen LogP) is 2.65. The molecule has 0 unspecified atom stereocenters. The summed E-state index contributed by atoms with van der Waals surface area (Å²) in [6.45, 7) is 7.48. The average Bonchev–Trinajstić information content (AvgIpc) is 3.32. The van der Waals surface area contributed by atoms with Crippen LogP contribution in [-0.4, -0.2) is 52.1 Å². The van der Waals surface area contributed by atoms with Gasteiger partial charge in [0.05, 0.1) is 12.6 Å². The van der Waals surface area contributed by atoms with Gasteiger partial charge in [0.2, 0.25) is 0 Å². The van der Waals surface area contributed by atoms with E-state index in [4.69, 9.17) is 4.74 Å². The summed E-state index contributed by atoms with van der Waals surface area (Å²) < 4.78 is 7.91. The maximum atomic E-state index is 5.80. The van der Waals surface area contributed by atoms with Crippen LogP contribution in [0.3, 0.4) is 0 Å². The number of nitrogens with zero attached hydrogens (tertiary/aromatic N) is 4. The van der Waals surface area contributed by atoms with Crippen molar-refractivity contribution in [2.45, 2.75) is 32.0 Å². The van der Waals surface area contributed by atoms with Crippen molar-refractivity contribution in [3.8, 4) is 0 Å². The van der Waals surface area contributed by atoms with Gasteiger partial charge in [0, 0.05) is 68.5 Å². The second-order valence-electron chi connectivity index (χ2n) is 6.81. The van der Waals surface area contributed by atoms with Crippen molar-refractivity contribution >= 4 is 11.3 Å². The number of ether oxygens (including phenoxy) is 1. The Balaban J connectivity index is 1.26. The average molecular weight is 347 g/mol. The fourth-order valence-electron chi connectivity index (χ4n) is 3.53. The van der Waals surface area contributed by atoms with E-state index in [2.05, 4.69) is 38.5 Å². The lowest BCUT2D eigenvalue weighted by Gasteiger charge is -2.34. The van der Waals surface area contributed by atoms with Crippen LogP contribution in [0.25, 0.3) is 0 Å². The second-order valence-corrected chi connectivity index (χ2v) is 8.01. The van der Waals surface area contributed by atoms with Crippen LogP contribution < -0.4 is 0 Å². The molecule has 0 spiro atoms. The first-order chi connectivity index (χ1) is 11.8. The predicted molar refractivity (Wildman–Crippen MR) is 96.0 cm³/mol. The zero-order valence-corrected chi connectivity index (χ0v) is 15.2. The van der Waals surface area contributed by atoms with E-state index in [1.165, 1.54) is 22.6 Å². The first-order valence-electron chi connectivity index (χ1n) is 8.89. The van der Waals surface area contributed by atoms with Crippen LogP contribution in [0.1, 0.15) is 34.5 Å². The second kappa shape index (κ2) is 7.35. The van der Waals surface area contributed by atoms with Crippen molar-refractivity contribution in [2.75, 3.05) is 32.8 Å². The first-order valence-corrected chi connectivity index (χ1v) is 9.71. The zero-order chi connectivity index (χ0) is 16.4. The lowest BCUT2D eigenvalue weighted by molar-refractivity contribution is 0.114. The van der Waals surface area contributed by atoms with E-state index in [-0.39, 0.29) is 0 Å². The highest BCUT2D eigenvalue weighted by atomic mass is 32.1. The van der Waals surface area contributed by atoms with Gasteiger partial charge < -0.3 is 9.30 Å². The van der Waals surface area contributed by atoms with Gasteiger partial charge >= 0.3 is 0 Å². The molecular formula is C18H26N4OS. The molecule has 0 bridgehead atoms. The van der Waals surface area contributed by atoms with E-state index >= 15 is 0 Å². The summed E-state index contributed by atoms with van der Waals surface area (Å²) in [6.07, 6.45) is 6.65. The standard InChI is InChI=1S/C18H26N4OS/c1-20-7-6-19-18(20)14-22-10-8-21(9-11-22)13-15-4-5-17(24-15)16-3-2-12-23-16/h4-7,16H,2-3,8-14H2,1H3/t16-/m1/s1. The van der Waals surface area contributed by atoms with E-state index in [1.54, 1.807) is 0 Å². The van der Waals surface area contributed by atoms with Gasteiger partial charge in [0.1, 0.15) is 5.82 Å². The van der Waals surface area contributed by atoms with E-state index in [0.29, 0.717) is 6.10 Å². The Hall–Kier alpha value is -1.21. The molecule has 4 rings (SSSR count). The largest absolute Gasteiger partial charge is 0.373 e. The number of piperazine rings is 1. The molecule has 0 radical (unpaired) electrons. The molecule has 0 saturated carbocycles. The number of aromatic nitrogens is 2. The van der Waals surface area contributed by atoms with Crippen LogP contribution in [0.4, 0.5) is 0 Å². The molecule has 0 aliphatic carbocycles. The van der Waals surface area contributed by atoms with Gasteiger partial charge in [-0.15, -0.1) is 11.3 Å². The third-order valence-electron chi connectivity index (χ3n) is 5.06. The topological polar surface area (TPSA) is 33.5 Å². The molecular weight excluding hydrogens is 320 g/mol. The number of rotatable bonds is 5. The van der Waals surface area contributed by atoms with Gasteiger partial charge in [-0.25, -0.2) is 4.98 Å². The van der Waals surface area contributed by atoms with Crippen LogP contribution in [0.5, 0.6) is 0 Å². The Bertz CT molecular complexity index is 654. The molecule has 4 heterocycles. The zero-order valence-electron chi connectivity index (χ0n) is 14.4. The fourth-order valence-corrected chi connectivity index (χ4v) is 4.67. The Morgan fingerprint density at radius 1 is 1.17 bits per heavy atom. The molecule has 2 aliphatic heterocycles. The summed E-state index contributed by atoms with van der Waals surface area (Å²) in [6, 6.07) is 4.56. The number of imidazole rings is 1. The van der Waals surface area contributed by atoms with E-state index in [9.17, 15) is 0 Å². The summed E-state index contributed by atoms with van der Waals surface area (Å²) in [5.74, 6) is 1.16. The molecule has 2 saturated heterocycles. The maximum absolute atomic E-state index is 5.80. The lowest BCUT2D eigenvalue weighted by atomic mass is 10.2. The van der Waals surface area contributed by atoms with Crippen LogP contribution in [0.15, 0.2) is 24.5 Å². The normalized spacial score (nSPS) is 23.1. The Kier molecular flexibility index (Phi) is 4.98. The summed E-state index contributed by atoms with van der Waals surface area (Å²) in [5.41, 5.74) is 0. The molecule has 130 valence electrons. The maximum Gasteiger partial charge on any atom is 0.122 e. The highest BCUT2D eigenvalue weighted by molar-refractivity contribution is 7.12. The third-order valence-corrected chi connectivity index (χ3v) is 6.22. The smallest absolute Gasteiger partial charge is 0.122 e. The Labute approximate surface area is 147 Å². The van der Waals surface area contributed by atoms with Gasteiger partial charge in [-0.05, 0) is 25.0 Å². The SMILES string of the molecule is Cn1ccnc1CN1CCN(Cc2ccc([C@H]3CCCO3)s2)CC1. The summed E-state index contributed by atoms with van der Waals surface area (Å²) >= 11 is 1.94. The summed E-state index contributed by atoms with van der Waals surface area (Å²) in [5, 5.41) is 0. The number of hydrogen-bond acceptors (Lipinski definition) is 5. The van der Waals surface area contributed by atoms with Crippen LogP contribution in [0, 0.1) is 0 Å². The van der Waals surface area contributed by atoms with Crippen LogP contribution in [0.2, 0.25) is 0 Å². The van der Waals surface area contributed by atoms with Gasteiger partial charge in [-0.2, -0.15) is 0 Å². The van der Waals surface area contributed by atoms with Crippen molar-refractivity contribution in [3.05, 3.63) is 40.1 Å². The molecule has 1 atom stereocenters. The minimum Gasteiger partial charge on any atom is -0.373 e. The molecule has 2 aromatic rings. The van der Waals surface area contributed by atoms with Gasteiger partial charge in [-0.3, -0.25) is 9.80 Å². The minimum atomic E-state index is 0.360. The van der Waals surface area contributed by atoms with Gasteiger partial charge in [-0.1, -0.05) is 0 Å². The molecule has 2 fully saturated rings. The van der Waals surface area contributed by atoms with Crippen molar-refractivity contribution in [1.29, 1.82) is 0 Å². The first kappa shape index (κ1) is 16.3. The molecule has 2 aromatic heterocycles. The van der Waals surface area contributed by atoms with Crippen LogP contribution in [-0.2, 0) is 24.9 Å². The van der Waals surface area contributed by atoms with Crippen molar-refractivity contribution in [2.24, 2.45) is 7.05 Å². The Morgan fingerprint density at radius 3 is 2.62 bits per heavy atom. The molecule has 0 N–H and O–H groups in total. The number of thiophene rings is 1. The molecule has 2 aliphatic rings. The van der Waals surface area contributed by atoms with Crippen LogP contribution >= 0.6 is 11.3 Å². The van der Waals surface area contributed by atoms with Crippen molar-refractivity contribution < 1.29 is 4.74 Å². The molecule has 6 heteroatoms. The Morgan fingerprint density at radius 2 is 1.96 bits per heavy atom. The van der Waals surface area contributed by atoms with Gasteiger partial charge in [0.25, 0.3) is 0 Å². The van der Waals surface area contributed by atoms with E-state index in [0.717, 1.165) is 51.7 Å². The quantitative estimate of drug-likeness (QED) is 0.833. The highest BCUT2D eigenvalue weighted by Crippen LogP contribution is 2.33. The molecule has 5 nitrogen and oxygen atoms in total. The lowest BCUT2D eigenvalue weighted by Crippen LogP contribution is -2.45. The number of aryl methyl sites for hydroxylation is 1. The highest BCUT2D eigenvalue weighted by Gasteiger charge is 2.21. The fraction of sp³-hybridized carbons (Fsp3) is 0.611. The third kappa shape index (κ3) is 3.72. The monoisotopic (exact) mass is 346 g/mol. The summed E-state index contributed by atoms with van der Waals surface area (Å²) in [7, 11) is 2.07. The van der Waals surface area contributed by atoms with Gasteiger partial charge in [0.15, 0.2) is 0 Å². The minimum absolute atomic E-state index is 0.360. The number of hydrogen-bond donors (Lipinski definition) is 0. The van der Waals surface area contributed by atoms with Crippen molar-refractivity contribution in [1.82, 2.24) is 19.4 Å². The van der Waals surface area contributed by atoms with E-state index in [1.807, 2.05) is 23.7 Å². The summed E-state index contributed by atoms with van der Waals surface area (Å²) in [4.78, 5) is 12.4. The molecule has 24 heavy (non-hydrogen) atoms. The molecule has 0 aromatic carbocycles. The van der Waals surface area contributed by atoms with E-state index < -0.39 is 0 Å².